The van der Waals surface area contributed by atoms with Crippen LogP contribution in [0.25, 0.3) is 0 Å². The van der Waals surface area contributed by atoms with Crippen molar-refractivity contribution in [1.82, 2.24) is 24.5 Å². The fourth-order valence-electron chi connectivity index (χ4n) is 1.74. The monoisotopic (exact) mass is 437 g/mol. The van der Waals surface area contributed by atoms with Gasteiger partial charge in [-0.3, -0.25) is 14.2 Å². The molecule has 0 saturated heterocycles. The van der Waals surface area contributed by atoms with Gasteiger partial charge < -0.3 is 4.90 Å². The first-order valence-electron chi connectivity index (χ1n) is 5.51. The Balaban J connectivity index is 2.21. The molecule has 2 rings (SSSR count). The first-order valence-corrected chi connectivity index (χ1v) is 7.38. The van der Waals surface area contributed by atoms with E-state index in [1.807, 2.05) is 7.05 Å². The summed E-state index contributed by atoms with van der Waals surface area (Å²) in [4.78, 5) is 14.1. The van der Waals surface area contributed by atoms with Crippen molar-refractivity contribution in [3.8, 4) is 0 Å². The van der Waals surface area contributed by atoms with Gasteiger partial charge in [-0.15, -0.1) is 0 Å². The topological polar surface area (TPSA) is 56.0 Å². The van der Waals surface area contributed by atoms with Gasteiger partial charge >= 0.3 is 0 Å². The normalized spacial score (nSPS) is 10.8. The van der Waals surface area contributed by atoms with E-state index in [4.69, 9.17) is 0 Å². The number of halogens is 2. The van der Waals surface area contributed by atoms with Crippen LogP contribution in [0.4, 0.5) is 0 Å². The van der Waals surface area contributed by atoms with Crippen molar-refractivity contribution < 1.29 is 4.79 Å². The second kappa shape index (κ2) is 5.61. The predicted octanol–water partition coefficient (Wildman–Crippen LogP) is 1.79. The van der Waals surface area contributed by atoms with Gasteiger partial charge in [-0.2, -0.15) is 10.2 Å². The first kappa shape index (κ1) is 14.5. The molecule has 1 amide bonds. The second-order valence-corrected chi connectivity index (χ2v) is 6.21. The summed E-state index contributed by atoms with van der Waals surface area (Å²) in [6, 6.07) is 0. The van der Waals surface area contributed by atoms with Gasteiger partial charge in [-0.25, -0.2) is 0 Å². The molecule has 0 aliphatic rings. The van der Waals surface area contributed by atoms with Crippen LogP contribution in [-0.4, -0.2) is 37.4 Å². The van der Waals surface area contributed by atoms with Crippen LogP contribution in [0.2, 0.25) is 0 Å². The molecule has 0 fully saturated rings. The molecular formula is C11H13BrIN5O. The predicted molar refractivity (Wildman–Crippen MR) is 82.6 cm³/mol. The fraction of sp³-hybridized carbons (Fsp3) is 0.364. The molecule has 19 heavy (non-hydrogen) atoms. The van der Waals surface area contributed by atoms with Crippen molar-refractivity contribution in [1.29, 1.82) is 0 Å². The molecule has 102 valence electrons. The lowest BCUT2D eigenvalue weighted by Crippen LogP contribution is -2.29. The first-order chi connectivity index (χ1) is 8.91. The molecule has 0 aliphatic carbocycles. The lowest BCUT2D eigenvalue weighted by molar-refractivity contribution is 0.0769. The maximum atomic E-state index is 12.4. The van der Waals surface area contributed by atoms with E-state index in [0.717, 1.165) is 13.7 Å². The number of amides is 1. The van der Waals surface area contributed by atoms with E-state index in [9.17, 15) is 4.79 Å². The Kier molecular flexibility index (Phi) is 4.29. The maximum absolute atomic E-state index is 12.4. The molecular weight excluding hydrogens is 425 g/mol. The van der Waals surface area contributed by atoms with Crippen LogP contribution >= 0.6 is 38.5 Å². The van der Waals surface area contributed by atoms with Crippen molar-refractivity contribution in [2.24, 2.45) is 14.1 Å². The molecule has 0 spiro atoms. The minimum absolute atomic E-state index is 0.0579. The zero-order valence-electron chi connectivity index (χ0n) is 10.8. The van der Waals surface area contributed by atoms with Gasteiger partial charge in [0.15, 0.2) is 0 Å². The van der Waals surface area contributed by atoms with E-state index in [2.05, 4.69) is 48.7 Å². The van der Waals surface area contributed by atoms with Crippen LogP contribution in [0.5, 0.6) is 0 Å². The number of hydrogen-bond acceptors (Lipinski definition) is 3. The molecule has 2 aromatic heterocycles. The number of rotatable bonds is 3. The van der Waals surface area contributed by atoms with Crippen molar-refractivity contribution >= 4 is 44.4 Å². The molecule has 6 nitrogen and oxygen atoms in total. The van der Waals surface area contributed by atoms with Crippen LogP contribution in [0.15, 0.2) is 16.9 Å². The number of aromatic nitrogens is 4. The van der Waals surface area contributed by atoms with E-state index in [1.165, 1.54) is 0 Å². The summed E-state index contributed by atoms with van der Waals surface area (Å²) in [5.41, 5.74) is 1.55. The van der Waals surface area contributed by atoms with Gasteiger partial charge in [-0.05, 0) is 38.5 Å². The molecule has 8 heteroatoms. The number of aryl methyl sites for hydroxylation is 2. The number of nitrogens with zero attached hydrogens (tertiary/aromatic N) is 5. The van der Waals surface area contributed by atoms with E-state index >= 15 is 0 Å². The van der Waals surface area contributed by atoms with Gasteiger partial charge in [0.1, 0.15) is 5.69 Å². The molecule has 0 unspecified atom stereocenters. The summed E-state index contributed by atoms with van der Waals surface area (Å²) in [5, 5.41) is 8.23. The summed E-state index contributed by atoms with van der Waals surface area (Å²) < 4.78 is 5.09. The highest BCUT2D eigenvalue weighted by Crippen LogP contribution is 2.18. The van der Waals surface area contributed by atoms with Crippen molar-refractivity contribution in [3.05, 3.63) is 31.8 Å². The fourth-order valence-corrected chi connectivity index (χ4v) is 2.92. The highest BCUT2D eigenvalue weighted by molar-refractivity contribution is 14.1. The number of hydrogen-bond donors (Lipinski definition) is 0. The molecule has 0 aliphatic heterocycles. The molecule has 0 N–H and O–H groups in total. The molecule has 0 saturated carbocycles. The molecule has 0 bridgehead atoms. The van der Waals surface area contributed by atoms with E-state index in [-0.39, 0.29) is 5.91 Å². The van der Waals surface area contributed by atoms with Gasteiger partial charge in [-0.1, -0.05) is 0 Å². The standard InChI is InChI=1S/C11H13BrIN5O/c1-16(6-9-7(12)4-14-17(9)2)11(19)10-8(13)5-15-18(10)3/h4-5H,6H2,1-3H3. The van der Waals surface area contributed by atoms with Crippen LogP contribution in [0, 0.1) is 3.57 Å². The Labute approximate surface area is 133 Å². The summed E-state index contributed by atoms with van der Waals surface area (Å²) in [5.74, 6) is -0.0579. The molecule has 2 aromatic rings. The Morgan fingerprint density at radius 3 is 2.47 bits per heavy atom. The third-order valence-electron chi connectivity index (χ3n) is 2.84. The zero-order chi connectivity index (χ0) is 14.2. The lowest BCUT2D eigenvalue weighted by atomic mass is 10.3. The highest BCUT2D eigenvalue weighted by atomic mass is 127. The third-order valence-corrected chi connectivity index (χ3v) is 4.29. The average Bonchev–Trinajstić information content (AvgIpc) is 2.85. The highest BCUT2D eigenvalue weighted by Gasteiger charge is 2.21. The van der Waals surface area contributed by atoms with E-state index in [0.29, 0.717) is 12.2 Å². The van der Waals surface area contributed by atoms with Crippen LogP contribution in [0.3, 0.4) is 0 Å². The van der Waals surface area contributed by atoms with Crippen LogP contribution < -0.4 is 0 Å². The van der Waals surface area contributed by atoms with E-state index < -0.39 is 0 Å². The summed E-state index contributed by atoms with van der Waals surface area (Å²) in [6.07, 6.45) is 3.41. The Bertz CT molecular complexity index is 582. The van der Waals surface area contributed by atoms with Crippen molar-refractivity contribution in [2.75, 3.05) is 7.05 Å². The van der Waals surface area contributed by atoms with Crippen LogP contribution in [-0.2, 0) is 20.6 Å². The SMILES string of the molecule is CN(Cc1c(Br)cnn1C)C(=O)c1c(I)cnn1C. The minimum atomic E-state index is -0.0579. The zero-order valence-corrected chi connectivity index (χ0v) is 14.5. The smallest absolute Gasteiger partial charge is 0.273 e. The third kappa shape index (κ3) is 2.83. The maximum Gasteiger partial charge on any atom is 0.273 e. The summed E-state index contributed by atoms with van der Waals surface area (Å²) >= 11 is 5.55. The largest absolute Gasteiger partial charge is 0.334 e. The molecule has 0 atom stereocenters. The van der Waals surface area contributed by atoms with Gasteiger partial charge in [0.2, 0.25) is 0 Å². The number of carbonyl (C=O) groups is 1. The average molecular weight is 438 g/mol. The Hall–Kier alpha value is -0.900. The van der Waals surface area contributed by atoms with Gasteiger partial charge in [0, 0.05) is 21.1 Å². The van der Waals surface area contributed by atoms with Crippen molar-refractivity contribution in [3.63, 3.8) is 0 Å². The van der Waals surface area contributed by atoms with Crippen molar-refractivity contribution in [2.45, 2.75) is 6.54 Å². The van der Waals surface area contributed by atoms with E-state index in [1.54, 1.807) is 40.8 Å². The van der Waals surface area contributed by atoms with Gasteiger partial charge in [0.05, 0.1) is 32.7 Å². The summed E-state index contributed by atoms with van der Waals surface area (Å²) in [7, 11) is 5.39. The Morgan fingerprint density at radius 1 is 1.37 bits per heavy atom. The number of carbonyl (C=O) groups excluding carboxylic acids is 1. The Morgan fingerprint density at radius 2 is 2.00 bits per heavy atom. The summed E-state index contributed by atoms with van der Waals surface area (Å²) in [6.45, 7) is 0.483. The molecule has 0 radical (unpaired) electrons. The second-order valence-electron chi connectivity index (χ2n) is 4.19. The molecule has 0 aromatic carbocycles. The molecule has 2 heterocycles. The van der Waals surface area contributed by atoms with Crippen LogP contribution in [0.1, 0.15) is 16.2 Å². The quantitative estimate of drug-likeness (QED) is 0.688. The lowest BCUT2D eigenvalue weighted by Gasteiger charge is -2.18. The minimum Gasteiger partial charge on any atom is -0.334 e. The van der Waals surface area contributed by atoms with Gasteiger partial charge in [0.25, 0.3) is 5.91 Å².